The number of carbonyl (C=O) groups is 1. The van der Waals surface area contributed by atoms with Crippen molar-refractivity contribution in [2.45, 2.75) is 54.4 Å². The molecule has 0 aliphatic heterocycles. The first-order valence-corrected chi connectivity index (χ1v) is 9.84. The molecule has 1 aromatic carbocycles. The van der Waals surface area contributed by atoms with Crippen LogP contribution < -0.4 is 29.6 Å². The Bertz CT molecular complexity index is 1020. The zero-order chi connectivity index (χ0) is 27.3. The monoisotopic (exact) mass is 568 g/mol. The van der Waals surface area contributed by atoms with Crippen LogP contribution in [0.25, 0.3) is 0 Å². The normalized spacial score (nSPS) is 15.4. The van der Waals surface area contributed by atoms with E-state index < -0.39 is 74.5 Å². The third-order valence-corrected chi connectivity index (χ3v) is 5.72. The van der Waals surface area contributed by atoms with Gasteiger partial charge in [0.25, 0.3) is 0 Å². The van der Waals surface area contributed by atoms with Crippen molar-refractivity contribution in [2.75, 3.05) is 0 Å². The maximum atomic E-state index is 14.1. The molecule has 0 aliphatic rings. The summed E-state index contributed by atoms with van der Waals surface area (Å²) in [6.07, 6.45) is -8.18. The van der Waals surface area contributed by atoms with Gasteiger partial charge in [-0.25, -0.2) is 8.42 Å². The minimum Gasteiger partial charge on any atom is -0.747 e. The first-order chi connectivity index (χ1) is 14.8. The van der Waals surface area contributed by atoms with E-state index in [9.17, 15) is 74.8 Å². The summed E-state index contributed by atoms with van der Waals surface area (Å²) in [6.45, 7) is 1.03. The van der Waals surface area contributed by atoms with Crippen LogP contribution in [-0.4, -0.2) is 53.9 Å². The van der Waals surface area contributed by atoms with Gasteiger partial charge in [-0.2, -0.15) is 57.1 Å². The molecule has 0 saturated heterocycles. The Morgan fingerprint density at radius 2 is 1.14 bits per heavy atom. The molecule has 0 aromatic heterocycles. The van der Waals surface area contributed by atoms with Crippen LogP contribution in [0, 0.1) is 0 Å². The fourth-order valence-corrected chi connectivity index (χ4v) is 3.31. The van der Waals surface area contributed by atoms with Crippen molar-refractivity contribution >= 4 is 15.9 Å². The van der Waals surface area contributed by atoms with E-state index in [1.807, 2.05) is 0 Å². The van der Waals surface area contributed by atoms with Crippen LogP contribution in [0.3, 0.4) is 0 Å². The van der Waals surface area contributed by atoms with Crippen molar-refractivity contribution in [3.05, 3.63) is 35.4 Å². The Morgan fingerprint density at radius 1 is 0.771 bits per heavy atom. The van der Waals surface area contributed by atoms with Gasteiger partial charge >= 0.3 is 65.3 Å². The third-order valence-electron chi connectivity index (χ3n) is 4.48. The summed E-state index contributed by atoms with van der Waals surface area (Å²) >= 11 is 0. The molecule has 0 spiro atoms. The number of halogens is 13. The molecule has 1 atom stereocenters. The number of benzene rings is 1. The average molecular weight is 568 g/mol. The van der Waals surface area contributed by atoms with E-state index in [0.29, 0.717) is 0 Å². The molecule has 0 amide bonds. The molecular formula is C16H10F13NaO4S. The first-order valence-electron chi connectivity index (χ1n) is 8.37. The number of rotatable bonds is 9. The Balaban J connectivity index is 0.0000116. The summed E-state index contributed by atoms with van der Waals surface area (Å²) < 4.78 is 204. The Labute approximate surface area is 209 Å². The van der Waals surface area contributed by atoms with E-state index in [4.69, 9.17) is 0 Å². The summed E-state index contributed by atoms with van der Waals surface area (Å²) in [4.78, 5) is 12.0. The van der Waals surface area contributed by atoms with Crippen molar-refractivity contribution in [3.8, 4) is 0 Å². The van der Waals surface area contributed by atoms with Crippen LogP contribution in [0.1, 0.15) is 29.3 Å². The van der Waals surface area contributed by atoms with Crippen LogP contribution in [0.15, 0.2) is 24.3 Å². The number of ketones is 1. The molecule has 196 valence electrons. The molecule has 35 heavy (non-hydrogen) atoms. The van der Waals surface area contributed by atoms with Gasteiger partial charge in [0.05, 0.1) is 0 Å². The Morgan fingerprint density at radius 3 is 1.46 bits per heavy atom. The zero-order valence-electron chi connectivity index (χ0n) is 17.0. The predicted molar refractivity (Wildman–Crippen MR) is 84.3 cm³/mol. The van der Waals surface area contributed by atoms with E-state index in [1.54, 1.807) is 0 Å². The second-order valence-electron chi connectivity index (χ2n) is 6.70. The van der Waals surface area contributed by atoms with Crippen molar-refractivity contribution in [1.29, 1.82) is 0 Å². The van der Waals surface area contributed by atoms with Gasteiger partial charge in [-0.15, -0.1) is 0 Å². The fraction of sp³-hybridized carbons (Fsp3) is 0.562. The Hall–Kier alpha value is -1.11. The molecule has 0 saturated carbocycles. The van der Waals surface area contributed by atoms with Gasteiger partial charge in [0.2, 0.25) is 0 Å². The molecule has 19 heteroatoms. The summed E-state index contributed by atoms with van der Waals surface area (Å²) in [7, 11) is -5.30. The van der Waals surface area contributed by atoms with E-state index in [0.717, 1.165) is 6.92 Å². The largest absolute Gasteiger partial charge is 1.00 e. The van der Waals surface area contributed by atoms with Gasteiger partial charge in [0.15, 0.2) is 5.78 Å². The molecule has 0 heterocycles. The van der Waals surface area contributed by atoms with Crippen LogP contribution >= 0.6 is 0 Å². The molecule has 0 N–H and O–H groups in total. The van der Waals surface area contributed by atoms with Crippen LogP contribution in [0.5, 0.6) is 0 Å². The minimum absolute atomic E-state index is 0. The first kappa shape index (κ1) is 33.9. The molecule has 1 aromatic rings. The molecule has 1 unspecified atom stereocenters. The SMILES string of the molecule is CCC(C(=O)c1ccc(C(F)(F)C(F)(F)C(F)(F)C(F)(F)C(F)(F)C(F)(F)F)cc1)S(=O)(=O)[O-].[Na+]. The molecule has 4 nitrogen and oxygen atoms in total. The van der Waals surface area contributed by atoms with Gasteiger partial charge < -0.3 is 4.55 Å². The van der Waals surface area contributed by atoms with E-state index in [2.05, 4.69) is 0 Å². The average Bonchev–Trinajstić information content (AvgIpc) is 2.65. The Kier molecular flexibility index (Phi) is 9.66. The standard InChI is InChI=1S/C16H11F13O4S.Na/c1-2-9(34(31,32)33)10(30)7-3-5-8(6-4-7)11(17,18)12(19,20)13(21,22)14(23,24)15(25,26)16(27,28)29;/h3-6,9H,2H2,1H3,(H,31,32,33);/q;+1/p-1. The smallest absolute Gasteiger partial charge is 0.747 e. The number of hydrogen-bond donors (Lipinski definition) is 0. The minimum atomic E-state index is -8.06. The van der Waals surface area contributed by atoms with Gasteiger partial charge in [0.1, 0.15) is 15.4 Å². The third kappa shape index (κ3) is 5.45. The van der Waals surface area contributed by atoms with Crippen molar-refractivity contribution < 1.29 is 104 Å². The van der Waals surface area contributed by atoms with Crippen LogP contribution in [0.2, 0.25) is 0 Å². The van der Waals surface area contributed by atoms with Crippen LogP contribution in [0.4, 0.5) is 57.1 Å². The summed E-state index contributed by atoms with van der Waals surface area (Å²) in [5, 5.41) is -2.28. The topological polar surface area (TPSA) is 74.3 Å². The molecule has 1 rings (SSSR count). The molecular weight excluding hydrogens is 558 g/mol. The van der Waals surface area contributed by atoms with E-state index in [-0.39, 0.29) is 53.8 Å². The maximum absolute atomic E-state index is 14.1. The van der Waals surface area contributed by atoms with Gasteiger partial charge in [-0.1, -0.05) is 31.2 Å². The predicted octanol–water partition coefficient (Wildman–Crippen LogP) is 2.39. The van der Waals surface area contributed by atoms with Crippen molar-refractivity contribution in [1.82, 2.24) is 0 Å². The number of carbonyl (C=O) groups excluding carboxylic acids is 1. The van der Waals surface area contributed by atoms with Gasteiger partial charge in [-0.05, 0) is 6.42 Å². The second kappa shape index (κ2) is 9.98. The summed E-state index contributed by atoms with van der Waals surface area (Å²) in [6, 6.07) is -0.422. The fourth-order valence-electron chi connectivity index (χ4n) is 2.50. The number of alkyl halides is 13. The molecule has 0 bridgehead atoms. The van der Waals surface area contributed by atoms with Gasteiger partial charge in [0, 0.05) is 11.1 Å². The number of Topliss-reactive ketones (excluding diaryl/α,β-unsaturated/α-hetero) is 1. The van der Waals surface area contributed by atoms with Crippen LogP contribution in [-0.2, 0) is 16.0 Å². The van der Waals surface area contributed by atoms with E-state index >= 15 is 0 Å². The maximum Gasteiger partial charge on any atom is 1.00 e. The van der Waals surface area contributed by atoms with Gasteiger partial charge in [-0.3, -0.25) is 4.79 Å². The molecule has 0 aliphatic carbocycles. The number of hydrogen-bond acceptors (Lipinski definition) is 4. The summed E-state index contributed by atoms with van der Waals surface area (Å²) in [5.41, 5.74) is -3.27. The summed E-state index contributed by atoms with van der Waals surface area (Å²) in [5.74, 6) is -39.6. The van der Waals surface area contributed by atoms with Crippen molar-refractivity contribution in [2.24, 2.45) is 0 Å². The quantitative estimate of drug-likeness (QED) is 0.199. The zero-order valence-corrected chi connectivity index (χ0v) is 19.9. The molecule has 0 radical (unpaired) electrons. The molecule has 0 fully saturated rings. The van der Waals surface area contributed by atoms with Crippen molar-refractivity contribution in [3.63, 3.8) is 0 Å². The van der Waals surface area contributed by atoms with E-state index in [1.165, 1.54) is 0 Å². The second-order valence-corrected chi connectivity index (χ2v) is 8.26.